The Morgan fingerprint density at radius 2 is 1.96 bits per heavy atom. The molecule has 0 aliphatic carbocycles. The van der Waals surface area contributed by atoms with Gasteiger partial charge in [-0.15, -0.1) is 0 Å². The van der Waals surface area contributed by atoms with Crippen molar-refractivity contribution in [2.24, 2.45) is 0 Å². The summed E-state index contributed by atoms with van der Waals surface area (Å²) in [6, 6.07) is 16.7. The predicted octanol–water partition coefficient (Wildman–Crippen LogP) is 3.36. The Labute approximate surface area is 155 Å². The minimum absolute atomic E-state index is 0.181. The van der Waals surface area contributed by atoms with E-state index in [0.717, 1.165) is 62.3 Å². The van der Waals surface area contributed by atoms with Crippen LogP contribution in [-0.2, 0) is 13.0 Å². The van der Waals surface area contributed by atoms with Gasteiger partial charge >= 0.3 is 0 Å². The van der Waals surface area contributed by atoms with Crippen molar-refractivity contribution >= 4 is 5.91 Å². The zero-order valence-electron chi connectivity index (χ0n) is 15.4. The summed E-state index contributed by atoms with van der Waals surface area (Å²) in [5.74, 6) is 1.01. The van der Waals surface area contributed by atoms with Crippen LogP contribution in [0.1, 0.15) is 34.3 Å². The van der Waals surface area contributed by atoms with Gasteiger partial charge in [-0.25, -0.2) is 0 Å². The van der Waals surface area contributed by atoms with Gasteiger partial charge in [-0.1, -0.05) is 30.3 Å². The standard InChI is InChI=1S/C22H26N2O2/c1-26-20-9-10-21-18(14-20)11-13-24(22(21)25)19-8-5-12-23(16-19)15-17-6-3-2-4-7-17/h2-4,6-7,9-10,14,19H,5,8,11-13,15-16H2,1H3/t19-/m1/s1. The van der Waals surface area contributed by atoms with Crippen LogP contribution in [0.3, 0.4) is 0 Å². The van der Waals surface area contributed by atoms with Crippen LogP contribution in [0.4, 0.5) is 0 Å². The third-order valence-electron chi connectivity index (χ3n) is 5.60. The molecule has 4 nitrogen and oxygen atoms in total. The van der Waals surface area contributed by atoms with E-state index in [1.807, 2.05) is 18.2 Å². The number of likely N-dealkylation sites (tertiary alicyclic amines) is 1. The van der Waals surface area contributed by atoms with Crippen molar-refractivity contribution in [2.75, 3.05) is 26.7 Å². The minimum atomic E-state index is 0.181. The molecule has 2 aromatic rings. The summed E-state index contributed by atoms with van der Waals surface area (Å²) in [7, 11) is 1.67. The number of piperidine rings is 1. The van der Waals surface area contributed by atoms with E-state index in [1.54, 1.807) is 7.11 Å². The van der Waals surface area contributed by atoms with Crippen LogP contribution < -0.4 is 4.74 Å². The molecule has 0 saturated carbocycles. The smallest absolute Gasteiger partial charge is 0.254 e. The molecule has 1 amide bonds. The molecule has 2 aliphatic rings. The molecule has 4 heteroatoms. The SMILES string of the molecule is COc1ccc2c(c1)CCN([C@@H]1CCCN(Cc3ccccc3)C1)C2=O. The first-order valence-electron chi connectivity index (χ1n) is 9.49. The normalized spacial score (nSPS) is 20.7. The molecule has 136 valence electrons. The maximum Gasteiger partial charge on any atom is 0.254 e. The molecule has 0 unspecified atom stereocenters. The number of amides is 1. The molecular formula is C22H26N2O2. The lowest BCUT2D eigenvalue weighted by Crippen LogP contribution is -2.52. The third-order valence-corrected chi connectivity index (χ3v) is 5.60. The summed E-state index contributed by atoms with van der Waals surface area (Å²) in [5, 5.41) is 0. The van der Waals surface area contributed by atoms with E-state index in [4.69, 9.17) is 4.74 Å². The summed E-state index contributed by atoms with van der Waals surface area (Å²) in [4.78, 5) is 17.6. The molecule has 2 heterocycles. The number of methoxy groups -OCH3 is 1. The molecule has 0 aromatic heterocycles. The van der Waals surface area contributed by atoms with E-state index in [9.17, 15) is 4.79 Å². The van der Waals surface area contributed by atoms with E-state index in [0.29, 0.717) is 6.04 Å². The van der Waals surface area contributed by atoms with Crippen LogP contribution in [0.2, 0.25) is 0 Å². The van der Waals surface area contributed by atoms with E-state index in [2.05, 4.69) is 40.1 Å². The number of rotatable bonds is 4. The van der Waals surface area contributed by atoms with Crippen molar-refractivity contribution in [3.63, 3.8) is 0 Å². The van der Waals surface area contributed by atoms with E-state index < -0.39 is 0 Å². The van der Waals surface area contributed by atoms with Crippen LogP contribution >= 0.6 is 0 Å². The molecule has 0 radical (unpaired) electrons. The largest absolute Gasteiger partial charge is 0.497 e. The monoisotopic (exact) mass is 350 g/mol. The molecule has 1 atom stereocenters. The highest BCUT2D eigenvalue weighted by Crippen LogP contribution is 2.27. The molecule has 0 spiro atoms. The van der Waals surface area contributed by atoms with Crippen LogP contribution in [0.25, 0.3) is 0 Å². The highest BCUT2D eigenvalue weighted by molar-refractivity contribution is 5.97. The summed E-state index contributed by atoms with van der Waals surface area (Å²) in [6.07, 6.45) is 3.16. The average Bonchev–Trinajstić information content (AvgIpc) is 2.69. The van der Waals surface area contributed by atoms with E-state index >= 15 is 0 Å². The number of ether oxygens (including phenoxy) is 1. The number of benzene rings is 2. The Balaban J connectivity index is 1.46. The second kappa shape index (κ2) is 7.50. The number of hydrogen-bond donors (Lipinski definition) is 0. The second-order valence-electron chi connectivity index (χ2n) is 7.29. The fraction of sp³-hybridized carbons (Fsp3) is 0.409. The van der Waals surface area contributed by atoms with Crippen molar-refractivity contribution in [1.29, 1.82) is 0 Å². The van der Waals surface area contributed by atoms with Crippen molar-refractivity contribution in [1.82, 2.24) is 9.80 Å². The van der Waals surface area contributed by atoms with Gasteiger partial charge < -0.3 is 9.64 Å². The molecular weight excluding hydrogens is 324 g/mol. The molecule has 26 heavy (non-hydrogen) atoms. The average molecular weight is 350 g/mol. The van der Waals surface area contributed by atoms with Gasteiger partial charge in [0.05, 0.1) is 7.11 Å². The molecule has 1 saturated heterocycles. The van der Waals surface area contributed by atoms with Gasteiger partial charge in [-0.05, 0) is 55.1 Å². The third kappa shape index (κ3) is 3.47. The molecule has 1 fully saturated rings. The number of carbonyl (C=O) groups excluding carboxylic acids is 1. The molecule has 2 aromatic carbocycles. The first-order valence-corrected chi connectivity index (χ1v) is 9.49. The maximum absolute atomic E-state index is 13.0. The van der Waals surface area contributed by atoms with Gasteiger partial charge in [0.1, 0.15) is 5.75 Å². The van der Waals surface area contributed by atoms with Crippen LogP contribution in [-0.4, -0.2) is 48.5 Å². The van der Waals surface area contributed by atoms with Crippen LogP contribution in [0, 0.1) is 0 Å². The molecule has 0 N–H and O–H groups in total. The van der Waals surface area contributed by atoms with Crippen LogP contribution in [0.5, 0.6) is 5.75 Å². The zero-order valence-corrected chi connectivity index (χ0v) is 15.4. The Hall–Kier alpha value is -2.33. The number of nitrogens with zero attached hydrogens (tertiary/aromatic N) is 2. The van der Waals surface area contributed by atoms with Crippen molar-refractivity contribution in [2.45, 2.75) is 31.8 Å². The van der Waals surface area contributed by atoms with Gasteiger partial charge in [0.2, 0.25) is 0 Å². The van der Waals surface area contributed by atoms with Crippen molar-refractivity contribution in [3.05, 3.63) is 65.2 Å². The fourth-order valence-electron chi connectivity index (χ4n) is 4.23. The Kier molecular flexibility index (Phi) is 4.93. The molecule has 2 aliphatic heterocycles. The van der Waals surface area contributed by atoms with E-state index in [-0.39, 0.29) is 5.91 Å². The summed E-state index contributed by atoms with van der Waals surface area (Å²) < 4.78 is 5.30. The predicted molar refractivity (Wildman–Crippen MR) is 102 cm³/mol. The highest BCUT2D eigenvalue weighted by atomic mass is 16.5. The lowest BCUT2D eigenvalue weighted by molar-refractivity contribution is 0.0515. The first-order chi connectivity index (χ1) is 12.7. The molecule has 4 rings (SSSR count). The van der Waals surface area contributed by atoms with E-state index in [1.165, 1.54) is 5.56 Å². The van der Waals surface area contributed by atoms with Crippen molar-refractivity contribution < 1.29 is 9.53 Å². The Bertz CT molecular complexity index is 775. The van der Waals surface area contributed by atoms with Crippen molar-refractivity contribution in [3.8, 4) is 5.75 Å². The lowest BCUT2D eigenvalue weighted by Gasteiger charge is -2.41. The Morgan fingerprint density at radius 1 is 1.12 bits per heavy atom. The fourth-order valence-corrected chi connectivity index (χ4v) is 4.23. The first kappa shape index (κ1) is 17.1. The zero-order chi connectivity index (χ0) is 17.9. The number of carbonyl (C=O) groups is 1. The number of fused-ring (bicyclic) bond motifs is 1. The minimum Gasteiger partial charge on any atom is -0.497 e. The summed E-state index contributed by atoms with van der Waals surface area (Å²) >= 11 is 0. The second-order valence-corrected chi connectivity index (χ2v) is 7.29. The number of hydrogen-bond acceptors (Lipinski definition) is 3. The van der Waals surface area contributed by atoms with Gasteiger partial charge in [0.15, 0.2) is 0 Å². The van der Waals surface area contributed by atoms with Gasteiger partial charge in [-0.3, -0.25) is 9.69 Å². The molecule has 0 bridgehead atoms. The van der Waals surface area contributed by atoms with Gasteiger partial charge in [0.25, 0.3) is 5.91 Å². The lowest BCUT2D eigenvalue weighted by atomic mass is 9.95. The summed E-state index contributed by atoms with van der Waals surface area (Å²) in [6.45, 7) is 3.85. The van der Waals surface area contributed by atoms with Gasteiger partial charge in [-0.2, -0.15) is 0 Å². The highest BCUT2D eigenvalue weighted by Gasteiger charge is 2.32. The van der Waals surface area contributed by atoms with Gasteiger partial charge in [0, 0.05) is 31.2 Å². The summed E-state index contributed by atoms with van der Waals surface area (Å²) in [5.41, 5.74) is 3.30. The quantitative estimate of drug-likeness (QED) is 0.848. The topological polar surface area (TPSA) is 32.8 Å². The van der Waals surface area contributed by atoms with Crippen LogP contribution in [0.15, 0.2) is 48.5 Å². The Morgan fingerprint density at radius 3 is 2.77 bits per heavy atom. The maximum atomic E-state index is 13.0.